The van der Waals surface area contributed by atoms with Gasteiger partial charge in [0.2, 0.25) is 5.91 Å². The van der Waals surface area contributed by atoms with Crippen LogP contribution >= 0.6 is 0 Å². The van der Waals surface area contributed by atoms with Crippen LogP contribution in [0.1, 0.15) is 10.4 Å². The quantitative estimate of drug-likeness (QED) is 0.633. The van der Waals surface area contributed by atoms with Gasteiger partial charge in [-0.2, -0.15) is 0 Å². The van der Waals surface area contributed by atoms with E-state index in [1.807, 2.05) is 0 Å². The van der Waals surface area contributed by atoms with E-state index in [2.05, 4.69) is 15.6 Å². The van der Waals surface area contributed by atoms with Crippen molar-refractivity contribution in [3.8, 4) is 11.5 Å². The maximum Gasteiger partial charge on any atom is 0.278 e. The summed E-state index contributed by atoms with van der Waals surface area (Å²) >= 11 is 0. The molecule has 1 heterocycles. The summed E-state index contributed by atoms with van der Waals surface area (Å²) in [6, 6.07) is 9.44. The van der Waals surface area contributed by atoms with Gasteiger partial charge in [0, 0.05) is 6.07 Å². The second-order valence-corrected chi connectivity index (χ2v) is 5.73. The first-order valence-electron chi connectivity index (χ1n) is 8.12. The zero-order chi connectivity index (χ0) is 20.3. The number of benzene rings is 2. The van der Waals surface area contributed by atoms with Crippen molar-refractivity contribution in [2.45, 2.75) is 6.54 Å². The third kappa shape index (κ3) is 3.61. The maximum atomic E-state index is 12.4. The Morgan fingerprint density at radius 2 is 1.82 bits per heavy atom. The summed E-state index contributed by atoms with van der Waals surface area (Å²) in [6.07, 6.45) is 0. The SMILES string of the molecule is COc1cc(NC(=O)Cn2nnc3ccccc3c2=O)c(C(N)=O)cc1OC. The molecule has 10 nitrogen and oxygen atoms in total. The number of amides is 2. The van der Waals surface area contributed by atoms with Crippen molar-refractivity contribution in [2.24, 2.45) is 5.73 Å². The molecule has 0 fully saturated rings. The number of carbonyl (C=O) groups is 2. The summed E-state index contributed by atoms with van der Waals surface area (Å²) < 4.78 is 11.2. The van der Waals surface area contributed by atoms with E-state index in [9.17, 15) is 14.4 Å². The molecule has 0 spiro atoms. The van der Waals surface area contributed by atoms with Crippen molar-refractivity contribution in [2.75, 3.05) is 19.5 Å². The Labute approximate surface area is 158 Å². The minimum atomic E-state index is -0.765. The summed E-state index contributed by atoms with van der Waals surface area (Å²) in [5, 5.41) is 10.6. The number of primary amides is 1. The Morgan fingerprint density at radius 1 is 1.14 bits per heavy atom. The van der Waals surface area contributed by atoms with Crippen LogP contribution in [0.15, 0.2) is 41.2 Å². The van der Waals surface area contributed by atoms with Crippen molar-refractivity contribution < 1.29 is 19.1 Å². The fourth-order valence-corrected chi connectivity index (χ4v) is 2.64. The van der Waals surface area contributed by atoms with Gasteiger partial charge in [0.05, 0.1) is 30.9 Å². The second kappa shape index (κ2) is 7.74. The molecular weight excluding hydrogens is 366 g/mol. The summed E-state index contributed by atoms with van der Waals surface area (Å²) in [5.41, 5.74) is 5.51. The molecule has 10 heteroatoms. The van der Waals surface area contributed by atoms with Crippen LogP contribution in [0.3, 0.4) is 0 Å². The van der Waals surface area contributed by atoms with Crippen LogP contribution in [0.4, 0.5) is 5.69 Å². The minimum absolute atomic E-state index is 0.0305. The van der Waals surface area contributed by atoms with E-state index in [0.29, 0.717) is 16.7 Å². The summed E-state index contributed by atoms with van der Waals surface area (Å²) in [6.45, 7) is -0.400. The Kier molecular flexibility index (Phi) is 5.21. The third-order valence-electron chi connectivity index (χ3n) is 3.99. The van der Waals surface area contributed by atoms with Gasteiger partial charge in [-0.15, -0.1) is 5.10 Å². The van der Waals surface area contributed by atoms with Crippen LogP contribution in [-0.2, 0) is 11.3 Å². The van der Waals surface area contributed by atoms with Crippen molar-refractivity contribution in [3.05, 3.63) is 52.3 Å². The lowest BCUT2D eigenvalue weighted by molar-refractivity contribution is -0.117. The summed E-state index contributed by atoms with van der Waals surface area (Å²) in [5.74, 6) is -0.781. The first-order valence-corrected chi connectivity index (χ1v) is 8.12. The van der Waals surface area contributed by atoms with Crippen molar-refractivity contribution >= 4 is 28.4 Å². The standard InChI is InChI=1S/C18H17N5O5/c1-27-14-7-11(17(19)25)13(8-15(14)28-2)20-16(24)9-23-18(26)10-5-3-4-6-12(10)21-22-23/h3-8H,9H2,1-2H3,(H2,19,25)(H,20,24). The lowest BCUT2D eigenvalue weighted by Crippen LogP contribution is -2.31. The summed E-state index contributed by atoms with van der Waals surface area (Å²) in [7, 11) is 2.82. The van der Waals surface area contributed by atoms with Gasteiger partial charge in [0.15, 0.2) is 11.5 Å². The monoisotopic (exact) mass is 383 g/mol. The predicted octanol–water partition coefficient (Wildman–Crippen LogP) is 0.546. The molecule has 2 aromatic carbocycles. The Hall–Kier alpha value is -3.95. The number of nitrogens with zero attached hydrogens (tertiary/aromatic N) is 3. The molecule has 0 unspecified atom stereocenters. The average Bonchev–Trinajstić information content (AvgIpc) is 2.69. The number of methoxy groups -OCH3 is 2. The van der Waals surface area contributed by atoms with Gasteiger partial charge in [-0.05, 0) is 18.2 Å². The predicted molar refractivity (Wildman–Crippen MR) is 100 cm³/mol. The van der Waals surface area contributed by atoms with Gasteiger partial charge in [-0.25, -0.2) is 4.68 Å². The zero-order valence-corrected chi connectivity index (χ0v) is 15.1. The molecule has 0 aliphatic rings. The average molecular weight is 383 g/mol. The van der Waals surface area contributed by atoms with Crippen LogP contribution in [0.2, 0.25) is 0 Å². The number of anilines is 1. The molecule has 144 valence electrons. The molecule has 3 rings (SSSR count). The molecule has 0 saturated carbocycles. The number of rotatable bonds is 6. The number of aromatic nitrogens is 3. The zero-order valence-electron chi connectivity index (χ0n) is 15.1. The number of hydrogen-bond acceptors (Lipinski definition) is 7. The van der Waals surface area contributed by atoms with Crippen LogP contribution < -0.4 is 26.1 Å². The molecule has 0 aliphatic carbocycles. The van der Waals surface area contributed by atoms with Crippen molar-refractivity contribution in [1.29, 1.82) is 0 Å². The Bertz CT molecular complexity index is 1130. The van der Waals surface area contributed by atoms with Gasteiger partial charge >= 0.3 is 0 Å². The van der Waals surface area contributed by atoms with Gasteiger partial charge in [-0.3, -0.25) is 14.4 Å². The number of fused-ring (bicyclic) bond motifs is 1. The molecule has 1 aromatic heterocycles. The third-order valence-corrected chi connectivity index (χ3v) is 3.99. The minimum Gasteiger partial charge on any atom is -0.493 e. The number of carbonyl (C=O) groups excluding carboxylic acids is 2. The molecule has 0 saturated heterocycles. The van der Waals surface area contributed by atoms with E-state index < -0.39 is 23.9 Å². The highest BCUT2D eigenvalue weighted by molar-refractivity contribution is 6.03. The van der Waals surface area contributed by atoms with Crippen molar-refractivity contribution in [3.63, 3.8) is 0 Å². The van der Waals surface area contributed by atoms with Crippen molar-refractivity contribution in [1.82, 2.24) is 15.0 Å². The topological polar surface area (TPSA) is 138 Å². The van der Waals surface area contributed by atoms with E-state index in [1.54, 1.807) is 24.3 Å². The van der Waals surface area contributed by atoms with Gasteiger partial charge in [0.1, 0.15) is 12.1 Å². The van der Waals surface area contributed by atoms with E-state index in [1.165, 1.54) is 26.4 Å². The highest BCUT2D eigenvalue weighted by Gasteiger charge is 2.18. The van der Waals surface area contributed by atoms with Crippen LogP contribution in [0, 0.1) is 0 Å². The highest BCUT2D eigenvalue weighted by Crippen LogP contribution is 2.33. The number of nitrogens with one attached hydrogen (secondary N) is 1. The molecule has 0 radical (unpaired) electrons. The normalized spacial score (nSPS) is 10.5. The van der Waals surface area contributed by atoms with E-state index in [0.717, 1.165) is 4.68 Å². The molecule has 3 N–H and O–H groups in total. The lowest BCUT2D eigenvalue weighted by Gasteiger charge is -2.14. The highest BCUT2D eigenvalue weighted by atomic mass is 16.5. The molecule has 0 bridgehead atoms. The number of ether oxygens (including phenoxy) is 2. The lowest BCUT2D eigenvalue weighted by atomic mass is 10.1. The molecular formula is C18H17N5O5. The fourth-order valence-electron chi connectivity index (χ4n) is 2.64. The Balaban J connectivity index is 1.90. The van der Waals surface area contributed by atoms with Crippen LogP contribution in [-0.4, -0.2) is 41.0 Å². The van der Waals surface area contributed by atoms with E-state index in [-0.39, 0.29) is 17.0 Å². The van der Waals surface area contributed by atoms with Gasteiger partial charge in [-0.1, -0.05) is 17.3 Å². The first kappa shape index (κ1) is 18.8. The maximum absolute atomic E-state index is 12.4. The van der Waals surface area contributed by atoms with Crippen LogP contribution in [0.5, 0.6) is 11.5 Å². The molecule has 0 aliphatic heterocycles. The first-order chi connectivity index (χ1) is 13.4. The smallest absolute Gasteiger partial charge is 0.278 e. The molecule has 3 aromatic rings. The summed E-state index contributed by atoms with van der Waals surface area (Å²) in [4.78, 5) is 36.6. The number of hydrogen-bond donors (Lipinski definition) is 2. The Morgan fingerprint density at radius 3 is 2.50 bits per heavy atom. The van der Waals surface area contributed by atoms with Gasteiger partial charge in [0.25, 0.3) is 11.5 Å². The molecule has 0 atom stereocenters. The van der Waals surface area contributed by atoms with E-state index >= 15 is 0 Å². The largest absolute Gasteiger partial charge is 0.493 e. The van der Waals surface area contributed by atoms with Gasteiger partial charge < -0.3 is 20.5 Å². The molecule has 2 amide bonds. The number of nitrogens with two attached hydrogens (primary N) is 1. The van der Waals surface area contributed by atoms with Crippen LogP contribution in [0.25, 0.3) is 10.9 Å². The second-order valence-electron chi connectivity index (χ2n) is 5.73. The van der Waals surface area contributed by atoms with E-state index in [4.69, 9.17) is 15.2 Å². The molecule has 28 heavy (non-hydrogen) atoms. The fraction of sp³-hybridized carbons (Fsp3) is 0.167.